The van der Waals surface area contributed by atoms with Crippen molar-refractivity contribution in [2.75, 3.05) is 5.73 Å². The van der Waals surface area contributed by atoms with Crippen LogP contribution in [-0.2, 0) is 14.4 Å². The van der Waals surface area contributed by atoms with Crippen molar-refractivity contribution in [3.63, 3.8) is 0 Å². The summed E-state index contributed by atoms with van der Waals surface area (Å²) in [6.07, 6.45) is 2.44. The summed E-state index contributed by atoms with van der Waals surface area (Å²) in [5.41, 5.74) is 4.87. The summed E-state index contributed by atoms with van der Waals surface area (Å²) in [7, 11) is 0. The van der Waals surface area contributed by atoms with Crippen LogP contribution in [-0.4, -0.2) is 65.1 Å². The molecule has 2 aliphatic rings. The Bertz CT molecular complexity index is 1120. The molecule has 0 saturated carbocycles. The number of nitrogens with one attached hydrogen (secondary N) is 1. The molecule has 0 radical (unpaired) electrons. The maximum Gasteiger partial charge on any atom is 0.353 e. The smallest absolute Gasteiger partial charge is 0.353 e. The summed E-state index contributed by atoms with van der Waals surface area (Å²) in [6.45, 7) is 0. The molecule has 160 valence electrons. The van der Waals surface area contributed by atoms with Gasteiger partial charge in [-0.25, -0.2) is 9.78 Å². The third-order valence-electron chi connectivity index (χ3n) is 4.72. The molecular weight excluding hydrogens is 446 g/mol. The molecule has 0 spiro atoms. The molecule has 2 atom stereocenters. The lowest BCUT2D eigenvalue weighted by atomic mass is 9.86. The molecule has 2 amide bonds. The van der Waals surface area contributed by atoms with Gasteiger partial charge < -0.3 is 21.4 Å². The highest BCUT2D eigenvalue weighted by Crippen LogP contribution is 2.42. The van der Waals surface area contributed by atoms with Crippen molar-refractivity contribution in [1.29, 1.82) is 0 Å². The molecule has 1 saturated heterocycles. The molecule has 2 aromatic heterocycles. The SMILES string of the molecule is Nc1nc(/C(=N/O)C(=O)NC2C(=O)N3C(C(=O)O)=C(Sc4ccccn4)CCC23)ns1. The van der Waals surface area contributed by atoms with Gasteiger partial charge in [0.25, 0.3) is 11.8 Å². The first-order chi connectivity index (χ1) is 14.9. The maximum absolute atomic E-state index is 12.7. The van der Waals surface area contributed by atoms with Crippen LogP contribution < -0.4 is 11.1 Å². The van der Waals surface area contributed by atoms with E-state index in [1.165, 1.54) is 16.7 Å². The zero-order valence-electron chi connectivity index (χ0n) is 15.6. The standard InChI is InChI=1S/C17H15N7O5S2/c18-17-21-13(23-31-17)11(22-29)14(25)20-10-7-4-5-8(30-9-3-1-2-6-19-9)12(16(27)28)24(7)15(10)26/h1-3,6-7,10,29H,4-5H2,(H,20,25)(H,27,28)(H2,18,21,23)/b22-11-. The minimum absolute atomic E-state index is 0.0799. The number of rotatable bonds is 6. The molecule has 31 heavy (non-hydrogen) atoms. The fourth-order valence-corrected chi connectivity index (χ4v) is 4.84. The number of aromatic nitrogens is 3. The Morgan fingerprint density at radius 2 is 2.19 bits per heavy atom. The number of nitrogen functional groups attached to an aromatic ring is 1. The van der Waals surface area contributed by atoms with E-state index in [-0.39, 0.29) is 16.7 Å². The van der Waals surface area contributed by atoms with E-state index in [0.29, 0.717) is 22.8 Å². The lowest BCUT2D eigenvalue weighted by molar-refractivity contribution is -0.155. The number of thioether (sulfide) groups is 1. The van der Waals surface area contributed by atoms with E-state index >= 15 is 0 Å². The number of carboxylic acids is 1. The number of allylic oxidation sites excluding steroid dienone is 1. The molecule has 2 aliphatic heterocycles. The van der Waals surface area contributed by atoms with Crippen molar-refractivity contribution in [3.8, 4) is 0 Å². The highest BCUT2D eigenvalue weighted by molar-refractivity contribution is 8.03. The molecule has 2 aromatic rings. The van der Waals surface area contributed by atoms with Gasteiger partial charge >= 0.3 is 5.97 Å². The van der Waals surface area contributed by atoms with Crippen molar-refractivity contribution < 1.29 is 24.7 Å². The van der Waals surface area contributed by atoms with Crippen molar-refractivity contribution in [3.05, 3.63) is 40.8 Å². The van der Waals surface area contributed by atoms with Crippen molar-refractivity contribution >= 4 is 51.9 Å². The van der Waals surface area contributed by atoms with Crippen LogP contribution in [0, 0.1) is 0 Å². The van der Waals surface area contributed by atoms with E-state index in [4.69, 9.17) is 5.73 Å². The largest absolute Gasteiger partial charge is 0.477 e. The second-order valence-corrected chi connectivity index (χ2v) is 8.42. The first kappa shape index (κ1) is 20.7. The van der Waals surface area contributed by atoms with Crippen LogP contribution in [0.25, 0.3) is 0 Å². The summed E-state index contributed by atoms with van der Waals surface area (Å²) in [4.78, 5) is 46.8. The van der Waals surface area contributed by atoms with Crippen LogP contribution in [0.2, 0.25) is 0 Å². The number of aliphatic carboxylic acids is 1. The van der Waals surface area contributed by atoms with E-state index < -0.39 is 35.6 Å². The molecule has 5 N–H and O–H groups in total. The summed E-state index contributed by atoms with van der Waals surface area (Å²) in [5, 5.41) is 25.0. The monoisotopic (exact) mass is 461 g/mol. The van der Waals surface area contributed by atoms with Gasteiger partial charge in [-0.1, -0.05) is 23.0 Å². The van der Waals surface area contributed by atoms with E-state index in [1.54, 1.807) is 24.4 Å². The second-order valence-electron chi connectivity index (χ2n) is 6.52. The number of anilines is 1. The second kappa shape index (κ2) is 8.31. The molecule has 0 aliphatic carbocycles. The number of β-lactam (4-membered cyclic amide) rings is 1. The van der Waals surface area contributed by atoms with Crippen LogP contribution in [0.5, 0.6) is 0 Å². The first-order valence-corrected chi connectivity index (χ1v) is 10.5. The van der Waals surface area contributed by atoms with Gasteiger partial charge in [-0.05, 0) is 25.0 Å². The van der Waals surface area contributed by atoms with Gasteiger partial charge in [-0.15, -0.1) is 0 Å². The lowest BCUT2D eigenvalue weighted by Gasteiger charge is -2.50. The Hall–Kier alpha value is -3.52. The van der Waals surface area contributed by atoms with Crippen LogP contribution in [0.3, 0.4) is 0 Å². The fraction of sp³-hybridized carbons (Fsp3) is 0.235. The van der Waals surface area contributed by atoms with Crippen LogP contribution in [0.15, 0.2) is 45.2 Å². The number of hydrogen-bond donors (Lipinski definition) is 4. The third kappa shape index (κ3) is 3.82. The third-order valence-corrected chi connectivity index (χ3v) is 6.35. The number of nitrogens with two attached hydrogens (primary N) is 1. The van der Waals surface area contributed by atoms with Gasteiger partial charge in [0.05, 0.1) is 6.04 Å². The molecular formula is C17H15N7O5S2. The number of carboxylic acid groups (broad SMARTS) is 1. The molecule has 2 unspecified atom stereocenters. The minimum Gasteiger partial charge on any atom is -0.477 e. The van der Waals surface area contributed by atoms with Gasteiger partial charge in [0.1, 0.15) is 16.8 Å². The highest BCUT2D eigenvalue weighted by Gasteiger charge is 2.53. The average molecular weight is 461 g/mol. The van der Waals surface area contributed by atoms with Gasteiger partial charge in [-0.2, -0.15) is 9.36 Å². The highest BCUT2D eigenvalue weighted by atomic mass is 32.2. The van der Waals surface area contributed by atoms with Gasteiger partial charge in [0.2, 0.25) is 11.5 Å². The van der Waals surface area contributed by atoms with Crippen molar-refractivity contribution in [2.45, 2.75) is 30.0 Å². The van der Waals surface area contributed by atoms with E-state index in [1.807, 2.05) is 0 Å². The summed E-state index contributed by atoms with van der Waals surface area (Å²) in [6, 6.07) is 3.78. The topological polar surface area (TPSA) is 184 Å². The van der Waals surface area contributed by atoms with Crippen LogP contribution in [0.4, 0.5) is 5.13 Å². The van der Waals surface area contributed by atoms with E-state index in [0.717, 1.165) is 11.5 Å². The summed E-state index contributed by atoms with van der Waals surface area (Å²) >= 11 is 2.01. The molecule has 12 nitrogen and oxygen atoms in total. The zero-order valence-corrected chi connectivity index (χ0v) is 17.3. The Balaban J connectivity index is 1.52. The normalized spacial score (nSPS) is 20.8. The average Bonchev–Trinajstić information content (AvgIpc) is 3.18. The predicted molar refractivity (Wildman–Crippen MR) is 109 cm³/mol. The number of hydrogen-bond acceptors (Lipinski definition) is 11. The van der Waals surface area contributed by atoms with Crippen molar-refractivity contribution in [1.82, 2.24) is 24.6 Å². The number of carbonyl (C=O) groups excluding carboxylic acids is 2. The van der Waals surface area contributed by atoms with Gasteiger partial charge in [0.15, 0.2) is 5.13 Å². The minimum atomic E-state index is -1.24. The first-order valence-electron chi connectivity index (χ1n) is 8.91. The van der Waals surface area contributed by atoms with Crippen LogP contribution in [0.1, 0.15) is 18.7 Å². The molecule has 4 heterocycles. The Kier molecular flexibility index (Phi) is 5.56. The number of oxime groups is 1. The summed E-state index contributed by atoms with van der Waals surface area (Å²) < 4.78 is 3.81. The van der Waals surface area contributed by atoms with Gasteiger partial charge in [0, 0.05) is 22.6 Å². The Morgan fingerprint density at radius 3 is 2.81 bits per heavy atom. The fourth-order valence-electron chi connectivity index (χ4n) is 3.39. The Morgan fingerprint density at radius 1 is 1.39 bits per heavy atom. The summed E-state index contributed by atoms with van der Waals surface area (Å²) in [5.74, 6) is -2.85. The molecule has 4 rings (SSSR count). The van der Waals surface area contributed by atoms with E-state index in [9.17, 15) is 24.7 Å². The lowest BCUT2D eigenvalue weighted by Crippen LogP contribution is -2.72. The number of carbonyl (C=O) groups is 3. The molecule has 0 bridgehead atoms. The molecule has 14 heteroatoms. The van der Waals surface area contributed by atoms with E-state index in [2.05, 4.69) is 24.8 Å². The zero-order chi connectivity index (χ0) is 22.1. The number of fused-ring (bicyclic) bond motifs is 1. The maximum atomic E-state index is 12.7. The number of pyridine rings is 1. The van der Waals surface area contributed by atoms with Crippen LogP contribution >= 0.6 is 23.3 Å². The van der Waals surface area contributed by atoms with Crippen molar-refractivity contribution in [2.24, 2.45) is 5.16 Å². The Labute approximate surface area is 183 Å². The number of amides is 2. The molecule has 0 aromatic carbocycles. The predicted octanol–water partition coefficient (Wildman–Crippen LogP) is 0.272. The molecule has 1 fully saturated rings. The van der Waals surface area contributed by atoms with Gasteiger partial charge in [-0.3, -0.25) is 14.5 Å². The quantitative estimate of drug-likeness (QED) is 0.201. The number of nitrogens with zero attached hydrogens (tertiary/aromatic N) is 5.